The average molecular weight is 386 g/mol. The Bertz CT molecular complexity index is 906. The fraction of sp³-hybridized carbons (Fsp3) is 0.400. The molecular formula is C20H22N2O4S. The van der Waals surface area contributed by atoms with Gasteiger partial charge in [0.1, 0.15) is 18.2 Å². The van der Waals surface area contributed by atoms with Crippen molar-refractivity contribution in [3.05, 3.63) is 39.8 Å². The molecule has 1 aliphatic heterocycles. The molecule has 0 unspecified atom stereocenters. The Kier molecular flexibility index (Phi) is 4.78. The zero-order valence-corrected chi connectivity index (χ0v) is 16.2. The number of amides is 2. The standard InChI is InChI=1S/C20H22N2O4S/c1-11-3-5-13-16(9-11)27-20(17(13)19(24)21-2)22-18(23)12-4-6-14-15(10-12)26-8-7-25-14/h4,6,10-11H,3,5,7-9H2,1-2H3,(H,21,24)(H,22,23)/t11-/m1/s1. The fourth-order valence-corrected chi connectivity index (χ4v) is 4.97. The summed E-state index contributed by atoms with van der Waals surface area (Å²) in [6.07, 6.45) is 2.88. The summed E-state index contributed by atoms with van der Waals surface area (Å²) in [6, 6.07) is 5.13. The van der Waals surface area contributed by atoms with E-state index >= 15 is 0 Å². The van der Waals surface area contributed by atoms with Gasteiger partial charge in [-0.05, 0) is 48.9 Å². The van der Waals surface area contributed by atoms with Crippen LogP contribution >= 0.6 is 11.3 Å². The van der Waals surface area contributed by atoms with E-state index in [-0.39, 0.29) is 11.8 Å². The van der Waals surface area contributed by atoms with Gasteiger partial charge in [-0.2, -0.15) is 0 Å². The molecule has 0 bridgehead atoms. The van der Waals surface area contributed by atoms with Crippen molar-refractivity contribution >= 4 is 28.2 Å². The van der Waals surface area contributed by atoms with Crippen molar-refractivity contribution in [2.24, 2.45) is 5.92 Å². The molecule has 0 radical (unpaired) electrons. The number of hydrogen-bond acceptors (Lipinski definition) is 5. The van der Waals surface area contributed by atoms with E-state index in [0.717, 1.165) is 24.8 Å². The predicted molar refractivity (Wildman–Crippen MR) is 104 cm³/mol. The van der Waals surface area contributed by atoms with E-state index < -0.39 is 0 Å². The second-order valence-electron chi connectivity index (χ2n) is 6.95. The van der Waals surface area contributed by atoms with E-state index in [4.69, 9.17) is 9.47 Å². The van der Waals surface area contributed by atoms with Crippen LogP contribution in [0.2, 0.25) is 0 Å². The van der Waals surface area contributed by atoms with Crippen LogP contribution in [-0.2, 0) is 12.8 Å². The number of anilines is 1. The molecular weight excluding hydrogens is 364 g/mol. The maximum absolute atomic E-state index is 12.8. The predicted octanol–water partition coefficient (Wildman–Crippen LogP) is 3.26. The number of ether oxygens (including phenoxy) is 2. The molecule has 27 heavy (non-hydrogen) atoms. The van der Waals surface area contributed by atoms with Gasteiger partial charge in [0.2, 0.25) is 0 Å². The molecule has 2 amide bonds. The Morgan fingerprint density at radius 3 is 2.70 bits per heavy atom. The normalized spacial score (nSPS) is 17.8. The molecule has 2 aliphatic rings. The van der Waals surface area contributed by atoms with Crippen molar-refractivity contribution in [2.75, 3.05) is 25.6 Å². The molecule has 2 N–H and O–H groups in total. The molecule has 1 aliphatic carbocycles. The average Bonchev–Trinajstić information content (AvgIpc) is 3.03. The number of carbonyl (C=O) groups is 2. The van der Waals surface area contributed by atoms with Crippen molar-refractivity contribution in [2.45, 2.75) is 26.2 Å². The van der Waals surface area contributed by atoms with Crippen LogP contribution in [-0.4, -0.2) is 32.1 Å². The summed E-state index contributed by atoms with van der Waals surface area (Å²) >= 11 is 1.51. The van der Waals surface area contributed by atoms with Gasteiger partial charge in [-0.25, -0.2) is 0 Å². The van der Waals surface area contributed by atoms with Crippen LogP contribution < -0.4 is 20.1 Å². The van der Waals surface area contributed by atoms with E-state index in [9.17, 15) is 9.59 Å². The topological polar surface area (TPSA) is 76.7 Å². The summed E-state index contributed by atoms with van der Waals surface area (Å²) in [5.74, 6) is 1.39. The number of benzene rings is 1. The molecule has 0 spiro atoms. The highest BCUT2D eigenvalue weighted by molar-refractivity contribution is 7.17. The highest BCUT2D eigenvalue weighted by atomic mass is 32.1. The summed E-state index contributed by atoms with van der Waals surface area (Å²) in [7, 11) is 1.62. The summed E-state index contributed by atoms with van der Waals surface area (Å²) in [6.45, 7) is 3.19. The van der Waals surface area contributed by atoms with Crippen molar-refractivity contribution in [3.63, 3.8) is 0 Å². The number of rotatable bonds is 3. The highest BCUT2D eigenvalue weighted by Gasteiger charge is 2.28. The van der Waals surface area contributed by atoms with Crippen LogP contribution in [0.1, 0.15) is 44.5 Å². The van der Waals surface area contributed by atoms with Crippen LogP contribution in [0.3, 0.4) is 0 Å². The number of hydrogen-bond donors (Lipinski definition) is 2. The Hall–Kier alpha value is -2.54. The van der Waals surface area contributed by atoms with Crippen molar-refractivity contribution in [1.82, 2.24) is 5.32 Å². The summed E-state index contributed by atoms with van der Waals surface area (Å²) in [5.41, 5.74) is 2.16. The second kappa shape index (κ2) is 7.23. The van der Waals surface area contributed by atoms with E-state index in [0.29, 0.717) is 46.8 Å². The van der Waals surface area contributed by atoms with Gasteiger partial charge in [0.25, 0.3) is 11.8 Å². The molecule has 0 saturated heterocycles. The van der Waals surface area contributed by atoms with Gasteiger partial charge >= 0.3 is 0 Å². The van der Waals surface area contributed by atoms with Crippen LogP contribution in [0.5, 0.6) is 11.5 Å². The number of nitrogens with one attached hydrogen (secondary N) is 2. The minimum absolute atomic E-state index is 0.153. The van der Waals surface area contributed by atoms with Crippen molar-refractivity contribution < 1.29 is 19.1 Å². The van der Waals surface area contributed by atoms with E-state index in [2.05, 4.69) is 17.6 Å². The summed E-state index contributed by atoms with van der Waals surface area (Å²) < 4.78 is 11.1. The van der Waals surface area contributed by atoms with Gasteiger partial charge in [-0.1, -0.05) is 6.92 Å². The third-order valence-electron chi connectivity index (χ3n) is 5.00. The zero-order chi connectivity index (χ0) is 19.0. The molecule has 1 aromatic heterocycles. The van der Waals surface area contributed by atoms with Gasteiger partial charge in [-0.3, -0.25) is 9.59 Å². The molecule has 0 fully saturated rings. The van der Waals surface area contributed by atoms with E-state index in [1.54, 1.807) is 25.2 Å². The van der Waals surface area contributed by atoms with Gasteiger partial charge in [0.15, 0.2) is 11.5 Å². The molecule has 1 aromatic carbocycles. The smallest absolute Gasteiger partial charge is 0.256 e. The minimum atomic E-state index is -0.260. The first-order valence-corrected chi connectivity index (χ1v) is 9.96. The first kappa shape index (κ1) is 17.9. The maximum atomic E-state index is 12.8. The summed E-state index contributed by atoms with van der Waals surface area (Å²) in [4.78, 5) is 26.5. The third-order valence-corrected chi connectivity index (χ3v) is 6.17. The zero-order valence-electron chi connectivity index (χ0n) is 15.4. The first-order valence-electron chi connectivity index (χ1n) is 9.14. The third kappa shape index (κ3) is 3.39. The Labute approximate surface area is 161 Å². The summed E-state index contributed by atoms with van der Waals surface area (Å²) in [5, 5.41) is 6.27. The molecule has 6 nitrogen and oxygen atoms in total. The number of fused-ring (bicyclic) bond motifs is 2. The molecule has 0 saturated carbocycles. The highest BCUT2D eigenvalue weighted by Crippen LogP contribution is 2.40. The molecule has 2 heterocycles. The van der Waals surface area contributed by atoms with Gasteiger partial charge in [0, 0.05) is 17.5 Å². The largest absolute Gasteiger partial charge is 0.486 e. The number of thiophene rings is 1. The molecule has 4 rings (SSSR count). The van der Waals surface area contributed by atoms with E-state index in [1.807, 2.05) is 0 Å². The SMILES string of the molecule is CNC(=O)c1c(NC(=O)c2ccc3c(c2)OCCO3)sc2c1CC[C@@H](C)C2. The Balaban J connectivity index is 1.64. The number of carbonyl (C=O) groups excluding carboxylic acids is 2. The molecule has 142 valence electrons. The van der Waals surface area contributed by atoms with Crippen molar-refractivity contribution in [1.29, 1.82) is 0 Å². The monoisotopic (exact) mass is 386 g/mol. The van der Waals surface area contributed by atoms with Gasteiger partial charge in [0.05, 0.1) is 5.56 Å². The lowest BCUT2D eigenvalue weighted by Crippen LogP contribution is -2.23. The Morgan fingerprint density at radius 1 is 1.15 bits per heavy atom. The maximum Gasteiger partial charge on any atom is 0.256 e. The van der Waals surface area contributed by atoms with Crippen LogP contribution in [0.4, 0.5) is 5.00 Å². The lowest BCUT2D eigenvalue weighted by molar-refractivity contribution is 0.0963. The van der Waals surface area contributed by atoms with Crippen LogP contribution in [0.25, 0.3) is 0 Å². The second-order valence-corrected chi connectivity index (χ2v) is 8.05. The van der Waals surface area contributed by atoms with E-state index in [1.165, 1.54) is 16.2 Å². The van der Waals surface area contributed by atoms with Crippen molar-refractivity contribution in [3.8, 4) is 11.5 Å². The molecule has 2 aromatic rings. The van der Waals surface area contributed by atoms with Gasteiger partial charge < -0.3 is 20.1 Å². The Morgan fingerprint density at radius 2 is 1.93 bits per heavy atom. The van der Waals surface area contributed by atoms with Crippen LogP contribution in [0, 0.1) is 5.92 Å². The van der Waals surface area contributed by atoms with Crippen LogP contribution in [0.15, 0.2) is 18.2 Å². The molecule has 1 atom stereocenters. The lowest BCUT2D eigenvalue weighted by atomic mass is 9.88. The minimum Gasteiger partial charge on any atom is -0.486 e. The van der Waals surface area contributed by atoms with Gasteiger partial charge in [-0.15, -0.1) is 11.3 Å². The first-order chi connectivity index (χ1) is 13.1. The lowest BCUT2D eigenvalue weighted by Gasteiger charge is -2.19. The quantitative estimate of drug-likeness (QED) is 0.849. The molecule has 7 heteroatoms. The fourth-order valence-electron chi connectivity index (χ4n) is 3.56.